The fourth-order valence-electron chi connectivity index (χ4n) is 1.53. The number of amidine groups is 1. The molecule has 15 heavy (non-hydrogen) atoms. The van der Waals surface area contributed by atoms with Gasteiger partial charge in [-0.2, -0.15) is 0 Å². The molecule has 0 rings (SSSR count). The minimum absolute atomic E-state index is 0.101. The minimum Gasteiger partial charge on any atom is -0.369 e. The second-order valence-electron chi connectivity index (χ2n) is 5.29. The first-order chi connectivity index (χ1) is 6.74. The molecule has 3 nitrogen and oxygen atoms in total. The van der Waals surface area contributed by atoms with E-state index in [0.29, 0.717) is 6.04 Å². The van der Waals surface area contributed by atoms with E-state index in [4.69, 9.17) is 0 Å². The van der Waals surface area contributed by atoms with Crippen molar-refractivity contribution in [3.8, 4) is 0 Å². The third-order valence-corrected chi connectivity index (χ3v) is 2.09. The van der Waals surface area contributed by atoms with Gasteiger partial charge in [-0.25, -0.2) is 0 Å². The average molecular weight is 213 g/mol. The quantitative estimate of drug-likeness (QED) is 0.572. The molecule has 0 radical (unpaired) electrons. The molecule has 0 aliphatic heterocycles. The predicted molar refractivity (Wildman–Crippen MR) is 68.6 cm³/mol. The second-order valence-corrected chi connectivity index (χ2v) is 5.29. The van der Waals surface area contributed by atoms with Crippen LogP contribution in [0.5, 0.6) is 0 Å². The Hall–Kier alpha value is -0.570. The van der Waals surface area contributed by atoms with Gasteiger partial charge in [0.1, 0.15) is 0 Å². The van der Waals surface area contributed by atoms with Crippen LogP contribution in [0.15, 0.2) is 4.99 Å². The molecule has 0 aromatic heterocycles. The molecule has 3 heteroatoms. The first-order valence-corrected chi connectivity index (χ1v) is 5.75. The molecule has 0 fully saturated rings. The topological polar surface area (TPSA) is 27.6 Å². The number of nitrogens with one attached hydrogen (secondary N) is 1. The summed E-state index contributed by atoms with van der Waals surface area (Å²) in [5.74, 6) is 1.03. The highest BCUT2D eigenvalue weighted by Gasteiger charge is 2.10. The zero-order valence-electron chi connectivity index (χ0n) is 11.4. The molecule has 0 saturated carbocycles. The van der Waals surface area contributed by atoms with Crippen LogP contribution < -0.4 is 5.32 Å². The van der Waals surface area contributed by atoms with E-state index < -0.39 is 0 Å². The van der Waals surface area contributed by atoms with E-state index >= 15 is 0 Å². The molecule has 1 atom stereocenters. The summed E-state index contributed by atoms with van der Waals surface area (Å²) in [5.41, 5.74) is 0.101. The summed E-state index contributed by atoms with van der Waals surface area (Å²) in [6, 6.07) is 0.352. The van der Waals surface area contributed by atoms with E-state index in [0.717, 1.165) is 18.9 Å². The average Bonchev–Trinajstić information content (AvgIpc) is 1.99. The molecule has 0 aromatic rings. The number of likely N-dealkylation sites (N-methyl/N-ethyl adjacent to an activating group) is 1. The van der Waals surface area contributed by atoms with Crippen LogP contribution >= 0.6 is 0 Å². The third-order valence-electron chi connectivity index (χ3n) is 2.09. The van der Waals surface area contributed by atoms with Crippen molar-refractivity contribution in [2.75, 3.05) is 20.1 Å². The van der Waals surface area contributed by atoms with E-state index in [1.54, 1.807) is 0 Å². The molecular weight excluding hydrogens is 186 g/mol. The highest BCUT2D eigenvalue weighted by Crippen LogP contribution is 2.00. The molecule has 0 bridgehead atoms. The van der Waals surface area contributed by atoms with Crippen LogP contribution in [0.1, 0.15) is 41.5 Å². The summed E-state index contributed by atoms with van der Waals surface area (Å²) in [6.07, 6.45) is 0. The van der Waals surface area contributed by atoms with Gasteiger partial charge < -0.3 is 10.2 Å². The van der Waals surface area contributed by atoms with Crippen molar-refractivity contribution >= 4 is 5.84 Å². The van der Waals surface area contributed by atoms with Crippen LogP contribution in [0.4, 0.5) is 0 Å². The first-order valence-electron chi connectivity index (χ1n) is 5.75. The number of nitrogens with zero attached hydrogens (tertiary/aromatic N) is 2. The second kappa shape index (κ2) is 6.11. The van der Waals surface area contributed by atoms with E-state index in [2.05, 4.69) is 56.9 Å². The van der Waals surface area contributed by atoms with Crippen LogP contribution in [-0.4, -0.2) is 42.5 Å². The third kappa shape index (κ3) is 8.43. The number of hydrogen-bond donors (Lipinski definition) is 1. The molecule has 0 amide bonds. The lowest BCUT2D eigenvalue weighted by atomic mass is 10.1. The Balaban J connectivity index is 4.11. The molecule has 1 unspecified atom stereocenters. The van der Waals surface area contributed by atoms with Crippen molar-refractivity contribution in [1.82, 2.24) is 10.2 Å². The van der Waals surface area contributed by atoms with Crippen LogP contribution in [-0.2, 0) is 0 Å². The Morgan fingerprint density at radius 3 is 2.33 bits per heavy atom. The summed E-state index contributed by atoms with van der Waals surface area (Å²) in [5, 5.41) is 3.37. The van der Waals surface area contributed by atoms with Crippen LogP contribution in [0.25, 0.3) is 0 Å². The molecule has 0 aliphatic rings. The van der Waals surface area contributed by atoms with Crippen molar-refractivity contribution in [3.63, 3.8) is 0 Å². The lowest BCUT2D eigenvalue weighted by Gasteiger charge is -2.23. The van der Waals surface area contributed by atoms with Crippen molar-refractivity contribution in [1.29, 1.82) is 0 Å². The van der Waals surface area contributed by atoms with E-state index in [1.807, 2.05) is 6.92 Å². The van der Waals surface area contributed by atoms with E-state index in [9.17, 15) is 0 Å². The van der Waals surface area contributed by atoms with Crippen molar-refractivity contribution < 1.29 is 0 Å². The van der Waals surface area contributed by atoms with Gasteiger partial charge in [0, 0.05) is 12.1 Å². The predicted octanol–water partition coefficient (Wildman–Crippen LogP) is 2.13. The van der Waals surface area contributed by atoms with Crippen molar-refractivity contribution in [3.05, 3.63) is 0 Å². The lowest BCUT2D eigenvalue weighted by Crippen LogP contribution is -2.40. The van der Waals surface area contributed by atoms with Gasteiger partial charge in [-0.1, -0.05) is 6.92 Å². The van der Waals surface area contributed by atoms with Gasteiger partial charge in [0.05, 0.1) is 11.9 Å². The largest absolute Gasteiger partial charge is 0.369 e. The Kier molecular flexibility index (Phi) is 5.88. The molecule has 0 spiro atoms. The number of aliphatic imine (C=N–C) groups is 1. The molecule has 0 aliphatic carbocycles. The minimum atomic E-state index is 0.101. The Morgan fingerprint density at radius 2 is 1.93 bits per heavy atom. The SMILES string of the molecule is CCN(C)CC(C)/N=C(\C)NC(C)(C)C. The highest BCUT2D eigenvalue weighted by molar-refractivity contribution is 5.80. The summed E-state index contributed by atoms with van der Waals surface area (Å²) in [6.45, 7) is 14.9. The summed E-state index contributed by atoms with van der Waals surface area (Å²) < 4.78 is 0. The van der Waals surface area contributed by atoms with Gasteiger partial charge in [0.15, 0.2) is 0 Å². The normalized spacial score (nSPS) is 15.6. The summed E-state index contributed by atoms with van der Waals surface area (Å²) in [7, 11) is 2.12. The molecule has 0 heterocycles. The summed E-state index contributed by atoms with van der Waals surface area (Å²) in [4.78, 5) is 6.89. The monoisotopic (exact) mass is 213 g/mol. The van der Waals surface area contributed by atoms with Crippen molar-refractivity contribution in [2.24, 2.45) is 4.99 Å². The number of hydrogen-bond acceptors (Lipinski definition) is 2. The first kappa shape index (κ1) is 14.4. The summed E-state index contributed by atoms with van der Waals surface area (Å²) >= 11 is 0. The van der Waals surface area contributed by atoms with Crippen LogP contribution in [0.2, 0.25) is 0 Å². The van der Waals surface area contributed by atoms with E-state index in [-0.39, 0.29) is 5.54 Å². The fourth-order valence-corrected chi connectivity index (χ4v) is 1.53. The maximum Gasteiger partial charge on any atom is 0.0939 e. The zero-order valence-corrected chi connectivity index (χ0v) is 11.4. The standard InChI is InChI=1S/C12H27N3/c1-8-15(7)9-10(2)13-11(3)14-12(4,5)6/h10H,8-9H2,1-7H3,(H,13,14). The van der Waals surface area contributed by atoms with Gasteiger partial charge in [0.25, 0.3) is 0 Å². The van der Waals surface area contributed by atoms with Crippen molar-refractivity contribution in [2.45, 2.75) is 53.1 Å². The Bertz CT molecular complexity index is 203. The molecule has 1 N–H and O–H groups in total. The van der Waals surface area contributed by atoms with Gasteiger partial charge in [-0.05, 0) is 48.2 Å². The number of rotatable bonds is 4. The molecule has 0 aromatic carbocycles. The van der Waals surface area contributed by atoms with Crippen LogP contribution in [0.3, 0.4) is 0 Å². The van der Waals surface area contributed by atoms with Gasteiger partial charge in [-0.15, -0.1) is 0 Å². The molecule has 0 saturated heterocycles. The van der Waals surface area contributed by atoms with Gasteiger partial charge in [-0.3, -0.25) is 4.99 Å². The lowest BCUT2D eigenvalue weighted by molar-refractivity contribution is 0.334. The van der Waals surface area contributed by atoms with Crippen LogP contribution in [0, 0.1) is 0 Å². The zero-order chi connectivity index (χ0) is 12.1. The van der Waals surface area contributed by atoms with Gasteiger partial charge in [0.2, 0.25) is 0 Å². The maximum absolute atomic E-state index is 4.61. The molecule has 90 valence electrons. The highest BCUT2D eigenvalue weighted by atomic mass is 15.1. The Morgan fingerprint density at radius 1 is 1.40 bits per heavy atom. The maximum atomic E-state index is 4.61. The smallest absolute Gasteiger partial charge is 0.0939 e. The fraction of sp³-hybridized carbons (Fsp3) is 0.917. The Labute approximate surface area is 95.0 Å². The molecular formula is C12H27N3. The van der Waals surface area contributed by atoms with Gasteiger partial charge >= 0.3 is 0 Å². The van der Waals surface area contributed by atoms with E-state index in [1.165, 1.54) is 0 Å².